The number of fused-ring (bicyclic) bond motifs is 1. The van der Waals surface area contributed by atoms with E-state index in [2.05, 4.69) is 4.98 Å². The predicted molar refractivity (Wildman–Crippen MR) is 88.3 cm³/mol. The molecule has 0 fully saturated rings. The first kappa shape index (κ1) is 18.8. The predicted octanol–water partition coefficient (Wildman–Crippen LogP) is 2.71. The van der Waals surface area contributed by atoms with E-state index in [0.717, 1.165) is 0 Å². The van der Waals surface area contributed by atoms with Crippen molar-refractivity contribution in [1.29, 1.82) is 0 Å². The number of benzene rings is 1. The van der Waals surface area contributed by atoms with Crippen molar-refractivity contribution in [3.05, 3.63) is 6.07 Å². The highest BCUT2D eigenvalue weighted by Crippen LogP contribution is 2.51. The highest BCUT2D eigenvalue weighted by molar-refractivity contribution is 5.98. The summed E-state index contributed by atoms with van der Waals surface area (Å²) in [6, 6.07) is 1.72. The van der Waals surface area contributed by atoms with Gasteiger partial charge in [0.15, 0.2) is 17.2 Å². The molecular weight excluding hydrogens is 326 g/mol. The summed E-state index contributed by atoms with van der Waals surface area (Å²) in [6.45, 7) is 0. The van der Waals surface area contributed by atoms with Gasteiger partial charge in [0.05, 0.1) is 53.6 Å². The van der Waals surface area contributed by atoms with Crippen molar-refractivity contribution in [2.75, 3.05) is 42.7 Å². The largest absolute Gasteiger partial charge is 0.493 e. The van der Waals surface area contributed by atoms with E-state index >= 15 is 0 Å². The summed E-state index contributed by atoms with van der Waals surface area (Å²) >= 11 is 0. The van der Waals surface area contributed by atoms with E-state index in [1.165, 1.54) is 35.5 Å². The number of aromatic nitrogens is 1. The van der Waals surface area contributed by atoms with E-state index in [9.17, 15) is 0 Å². The molecule has 0 atom stereocenters. The van der Waals surface area contributed by atoms with Gasteiger partial charge in [0.25, 0.3) is 5.88 Å². The zero-order valence-electron chi connectivity index (χ0n) is 13.9. The molecule has 0 saturated carbocycles. The van der Waals surface area contributed by atoms with Crippen molar-refractivity contribution in [3.8, 4) is 34.6 Å². The van der Waals surface area contributed by atoms with Crippen LogP contribution >= 0.6 is 12.4 Å². The van der Waals surface area contributed by atoms with Gasteiger partial charge in [-0.15, -0.1) is 12.4 Å². The molecule has 7 nitrogen and oxygen atoms in total. The summed E-state index contributed by atoms with van der Waals surface area (Å²) in [4.78, 5) is 4.42. The van der Waals surface area contributed by atoms with E-state index in [1.807, 2.05) is 0 Å². The van der Waals surface area contributed by atoms with Crippen LogP contribution in [0.15, 0.2) is 6.07 Å². The lowest BCUT2D eigenvalue weighted by atomic mass is 10.1. The molecule has 2 aromatic rings. The fourth-order valence-electron chi connectivity index (χ4n) is 2.33. The number of nitrogens with zero attached hydrogens (tertiary/aromatic N) is 1. The lowest BCUT2D eigenvalue weighted by molar-refractivity contribution is 0.314. The number of methoxy groups -OCH3 is 6. The van der Waals surface area contributed by atoms with Gasteiger partial charge in [-0.25, -0.2) is 4.98 Å². The van der Waals surface area contributed by atoms with Crippen molar-refractivity contribution in [2.24, 2.45) is 0 Å². The van der Waals surface area contributed by atoms with Crippen LogP contribution in [0, 0.1) is 0 Å². The topological polar surface area (TPSA) is 68.3 Å². The Hall–Kier alpha value is -2.28. The van der Waals surface area contributed by atoms with E-state index in [4.69, 9.17) is 28.4 Å². The molecular formula is C15H20ClNO6. The Morgan fingerprint density at radius 2 is 1.17 bits per heavy atom. The van der Waals surface area contributed by atoms with Gasteiger partial charge in [-0.3, -0.25) is 0 Å². The summed E-state index contributed by atoms with van der Waals surface area (Å²) in [5.41, 5.74) is 0.573. The number of pyridine rings is 1. The van der Waals surface area contributed by atoms with Crippen molar-refractivity contribution >= 4 is 23.3 Å². The zero-order valence-corrected chi connectivity index (χ0v) is 14.7. The molecule has 2 rings (SSSR count). The normalized spacial score (nSPS) is 9.83. The molecule has 1 aromatic carbocycles. The molecule has 0 aliphatic rings. The van der Waals surface area contributed by atoms with Crippen LogP contribution in [-0.4, -0.2) is 47.6 Å². The SMILES string of the molecule is COc1cc2nc(OC)c(OC)c(OC)c2c(OC)c1OC.Cl. The van der Waals surface area contributed by atoms with Crippen molar-refractivity contribution in [3.63, 3.8) is 0 Å². The monoisotopic (exact) mass is 345 g/mol. The van der Waals surface area contributed by atoms with E-state index in [0.29, 0.717) is 45.5 Å². The van der Waals surface area contributed by atoms with Crippen LogP contribution in [0.1, 0.15) is 0 Å². The first-order valence-corrected chi connectivity index (χ1v) is 6.45. The smallest absolute Gasteiger partial charge is 0.261 e. The summed E-state index contributed by atoms with van der Waals surface area (Å²) in [5.74, 6) is 2.52. The first-order valence-electron chi connectivity index (χ1n) is 6.45. The molecule has 0 amide bonds. The minimum Gasteiger partial charge on any atom is -0.493 e. The van der Waals surface area contributed by atoms with Gasteiger partial charge < -0.3 is 28.4 Å². The molecule has 128 valence electrons. The van der Waals surface area contributed by atoms with Gasteiger partial charge in [-0.05, 0) is 0 Å². The first-order chi connectivity index (χ1) is 10.7. The molecule has 0 aliphatic carbocycles. The molecule has 1 heterocycles. The van der Waals surface area contributed by atoms with Gasteiger partial charge in [0.2, 0.25) is 11.5 Å². The fraction of sp³-hybridized carbons (Fsp3) is 0.400. The molecule has 23 heavy (non-hydrogen) atoms. The number of rotatable bonds is 6. The molecule has 0 unspecified atom stereocenters. The third-order valence-corrected chi connectivity index (χ3v) is 3.26. The Morgan fingerprint density at radius 3 is 1.61 bits per heavy atom. The Bertz CT molecular complexity index is 637. The van der Waals surface area contributed by atoms with Gasteiger partial charge in [0, 0.05) is 6.07 Å². The highest BCUT2D eigenvalue weighted by atomic mass is 35.5. The number of hydrogen-bond donors (Lipinski definition) is 0. The minimum atomic E-state index is 0. The van der Waals surface area contributed by atoms with Crippen LogP contribution < -0.4 is 28.4 Å². The fourth-order valence-corrected chi connectivity index (χ4v) is 2.33. The maximum atomic E-state index is 5.49. The molecule has 0 spiro atoms. The molecule has 0 saturated heterocycles. The molecule has 0 radical (unpaired) electrons. The summed E-state index contributed by atoms with van der Waals surface area (Å²) < 4.78 is 32.3. The third-order valence-electron chi connectivity index (χ3n) is 3.26. The van der Waals surface area contributed by atoms with Crippen LogP contribution in [0.2, 0.25) is 0 Å². The molecule has 0 aliphatic heterocycles. The van der Waals surface area contributed by atoms with E-state index < -0.39 is 0 Å². The lowest BCUT2D eigenvalue weighted by Gasteiger charge is -2.18. The molecule has 1 aromatic heterocycles. The number of hydrogen-bond acceptors (Lipinski definition) is 7. The lowest BCUT2D eigenvalue weighted by Crippen LogP contribution is -2.02. The second-order valence-electron chi connectivity index (χ2n) is 4.23. The van der Waals surface area contributed by atoms with Crippen LogP contribution in [0.4, 0.5) is 0 Å². The van der Waals surface area contributed by atoms with Crippen molar-refractivity contribution in [1.82, 2.24) is 4.98 Å². The van der Waals surface area contributed by atoms with Gasteiger partial charge in [0.1, 0.15) is 0 Å². The van der Waals surface area contributed by atoms with Gasteiger partial charge in [-0.1, -0.05) is 0 Å². The van der Waals surface area contributed by atoms with Crippen LogP contribution in [0.25, 0.3) is 10.9 Å². The second kappa shape index (κ2) is 7.82. The quantitative estimate of drug-likeness (QED) is 0.797. The minimum absolute atomic E-state index is 0. The van der Waals surface area contributed by atoms with Crippen LogP contribution in [0.3, 0.4) is 0 Å². The van der Waals surface area contributed by atoms with Gasteiger partial charge in [-0.2, -0.15) is 0 Å². The van der Waals surface area contributed by atoms with Crippen LogP contribution in [-0.2, 0) is 0 Å². The average Bonchev–Trinajstić information content (AvgIpc) is 2.57. The summed E-state index contributed by atoms with van der Waals surface area (Å²) in [5, 5.41) is 0.611. The Morgan fingerprint density at radius 1 is 0.652 bits per heavy atom. The standard InChI is InChI=1S/C15H19NO6.ClH/c1-17-9-7-8-10(12(19-3)11(9)18-2)13(20-4)14(21-5)15(16-8)22-6;/h7H,1-6H3;1H. The average molecular weight is 346 g/mol. The Kier molecular flexibility index (Phi) is 6.38. The molecule has 0 N–H and O–H groups in total. The number of ether oxygens (including phenoxy) is 6. The molecule has 0 bridgehead atoms. The zero-order chi connectivity index (χ0) is 16.3. The number of halogens is 1. The Labute approximate surface area is 140 Å². The third kappa shape index (κ3) is 2.96. The van der Waals surface area contributed by atoms with E-state index in [-0.39, 0.29) is 12.4 Å². The van der Waals surface area contributed by atoms with E-state index in [1.54, 1.807) is 13.2 Å². The van der Waals surface area contributed by atoms with Crippen molar-refractivity contribution < 1.29 is 28.4 Å². The van der Waals surface area contributed by atoms with Crippen LogP contribution in [0.5, 0.6) is 34.6 Å². The maximum absolute atomic E-state index is 5.49. The summed E-state index contributed by atoms with van der Waals surface area (Å²) in [7, 11) is 9.17. The molecule has 8 heteroatoms. The summed E-state index contributed by atoms with van der Waals surface area (Å²) in [6.07, 6.45) is 0. The Balaban J connectivity index is 0.00000264. The maximum Gasteiger partial charge on any atom is 0.261 e. The second-order valence-corrected chi connectivity index (χ2v) is 4.23. The van der Waals surface area contributed by atoms with Crippen molar-refractivity contribution in [2.45, 2.75) is 0 Å². The van der Waals surface area contributed by atoms with Gasteiger partial charge >= 0.3 is 0 Å². The highest BCUT2D eigenvalue weighted by Gasteiger charge is 2.25.